The Bertz CT molecular complexity index is 1940. The molecule has 4 aromatic rings. The number of H-pyrrole nitrogens is 1. The molecule has 1 atom stereocenters. The molecule has 0 saturated carbocycles. The van der Waals surface area contributed by atoms with Crippen LogP contribution in [0.25, 0.3) is 11.0 Å². The molecule has 2 heterocycles. The maximum absolute atomic E-state index is 13.8. The van der Waals surface area contributed by atoms with Gasteiger partial charge < -0.3 is 4.98 Å². The molecular weight excluding hydrogens is 586 g/mol. The molecule has 0 radical (unpaired) electrons. The number of sulfonamides is 1. The van der Waals surface area contributed by atoms with Crippen LogP contribution in [0.4, 0.5) is 5.69 Å². The SMILES string of the molecule is Cc1ccc2nc([C@H](Cc3ccc(N4CC(=O)NS4(=O)=O)c(Cl)c3)NS(=O)(=O)c3cc(C)c(C)c(C)c3C)[nH]c2c1. The minimum absolute atomic E-state index is 0.102. The molecule has 1 amide bonds. The molecular formula is C28H30ClN5O5S2. The van der Waals surface area contributed by atoms with E-state index in [1.165, 1.54) is 6.07 Å². The largest absolute Gasteiger partial charge is 0.341 e. The molecule has 13 heteroatoms. The molecule has 41 heavy (non-hydrogen) atoms. The number of rotatable bonds is 7. The van der Waals surface area contributed by atoms with Gasteiger partial charge >= 0.3 is 10.2 Å². The fourth-order valence-electron chi connectivity index (χ4n) is 4.98. The van der Waals surface area contributed by atoms with Crippen LogP contribution in [0.1, 0.15) is 45.2 Å². The van der Waals surface area contributed by atoms with Crippen LogP contribution >= 0.6 is 11.6 Å². The van der Waals surface area contributed by atoms with E-state index in [0.29, 0.717) is 22.5 Å². The van der Waals surface area contributed by atoms with Crippen LogP contribution in [-0.4, -0.2) is 39.3 Å². The third-order valence-electron chi connectivity index (χ3n) is 7.55. The second-order valence-corrected chi connectivity index (χ2v) is 14.1. The van der Waals surface area contributed by atoms with Gasteiger partial charge in [0.2, 0.25) is 10.0 Å². The van der Waals surface area contributed by atoms with Crippen molar-refractivity contribution < 1.29 is 21.6 Å². The first kappa shape index (κ1) is 29.1. The normalized spacial score (nSPS) is 15.9. The van der Waals surface area contributed by atoms with Gasteiger partial charge in [0.05, 0.1) is 32.7 Å². The molecule has 0 spiro atoms. The van der Waals surface area contributed by atoms with Crippen molar-refractivity contribution in [2.45, 2.75) is 52.0 Å². The van der Waals surface area contributed by atoms with Gasteiger partial charge in [0.25, 0.3) is 5.91 Å². The molecule has 5 rings (SSSR count). The molecule has 10 nitrogen and oxygen atoms in total. The van der Waals surface area contributed by atoms with E-state index in [1.807, 2.05) is 50.6 Å². The number of halogens is 1. The number of amides is 1. The Morgan fingerprint density at radius 1 is 1.02 bits per heavy atom. The van der Waals surface area contributed by atoms with Crippen molar-refractivity contribution in [1.82, 2.24) is 19.4 Å². The van der Waals surface area contributed by atoms with Crippen LogP contribution in [0.3, 0.4) is 0 Å². The molecule has 1 aromatic heterocycles. The van der Waals surface area contributed by atoms with Crippen molar-refractivity contribution in [2.75, 3.05) is 10.8 Å². The second-order valence-electron chi connectivity index (χ2n) is 10.4. The standard InChI is InChI=1S/C28H30ClN5O5S2/c1-15-6-8-22-23(10-15)31-28(30-22)24(32-40(36,37)26-11-16(2)17(3)18(4)19(26)5)13-20-7-9-25(21(29)12-20)34-14-27(35)33-41(34,38)39/h6-12,24,32H,13-14H2,1-5H3,(H,30,31)(H,33,35)/t24-/m0/s1. The number of carbonyl (C=O) groups excluding carboxylic acids is 1. The monoisotopic (exact) mass is 615 g/mol. The summed E-state index contributed by atoms with van der Waals surface area (Å²) in [4.78, 5) is 19.8. The zero-order valence-corrected chi connectivity index (χ0v) is 25.6. The van der Waals surface area contributed by atoms with E-state index in [-0.39, 0.29) is 28.6 Å². The molecule has 0 unspecified atom stereocenters. The van der Waals surface area contributed by atoms with Gasteiger partial charge in [-0.05, 0) is 105 Å². The lowest BCUT2D eigenvalue weighted by molar-refractivity contribution is -0.117. The zero-order valence-electron chi connectivity index (χ0n) is 23.2. The number of aromatic nitrogens is 2. The zero-order chi connectivity index (χ0) is 29.9. The average molecular weight is 616 g/mol. The van der Waals surface area contributed by atoms with E-state index in [2.05, 4.69) is 14.7 Å². The Morgan fingerprint density at radius 3 is 2.41 bits per heavy atom. The highest BCUT2D eigenvalue weighted by atomic mass is 35.5. The summed E-state index contributed by atoms with van der Waals surface area (Å²) in [5.41, 5.74) is 6.76. The van der Waals surface area contributed by atoms with Gasteiger partial charge in [0, 0.05) is 0 Å². The summed E-state index contributed by atoms with van der Waals surface area (Å²) in [6.07, 6.45) is 0.158. The number of aromatic amines is 1. The van der Waals surface area contributed by atoms with Crippen LogP contribution in [-0.2, 0) is 31.4 Å². The predicted octanol–water partition coefficient (Wildman–Crippen LogP) is 4.20. The smallest absolute Gasteiger partial charge is 0.326 e. The molecule has 1 fully saturated rings. The Hall–Kier alpha value is -3.45. The maximum atomic E-state index is 13.8. The maximum Gasteiger partial charge on any atom is 0.326 e. The Labute approximate surface area is 244 Å². The summed E-state index contributed by atoms with van der Waals surface area (Å²) in [6, 6.07) is 11.3. The predicted molar refractivity (Wildman–Crippen MR) is 159 cm³/mol. The summed E-state index contributed by atoms with van der Waals surface area (Å²) < 4.78 is 57.9. The van der Waals surface area contributed by atoms with Crippen LogP contribution in [0, 0.1) is 34.6 Å². The molecule has 0 bridgehead atoms. The number of benzene rings is 3. The highest BCUT2D eigenvalue weighted by Gasteiger charge is 2.35. The number of hydrogen-bond acceptors (Lipinski definition) is 6. The van der Waals surface area contributed by atoms with Gasteiger partial charge in [0.15, 0.2) is 0 Å². The van der Waals surface area contributed by atoms with E-state index in [1.54, 1.807) is 25.1 Å². The number of aryl methyl sites for hydroxylation is 2. The van der Waals surface area contributed by atoms with E-state index < -0.39 is 32.2 Å². The molecule has 3 N–H and O–H groups in total. The minimum Gasteiger partial charge on any atom is -0.341 e. The molecule has 1 saturated heterocycles. The van der Waals surface area contributed by atoms with Crippen LogP contribution in [0.5, 0.6) is 0 Å². The quantitative estimate of drug-likeness (QED) is 0.284. The average Bonchev–Trinajstić information content (AvgIpc) is 3.42. The molecule has 1 aliphatic rings. The Balaban J connectivity index is 1.54. The van der Waals surface area contributed by atoms with Crippen molar-refractivity contribution in [3.8, 4) is 0 Å². The third-order valence-corrected chi connectivity index (χ3v) is 10.8. The number of hydrogen-bond donors (Lipinski definition) is 3. The van der Waals surface area contributed by atoms with Gasteiger partial charge in [-0.2, -0.15) is 8.42 Å². The van der Waals surface area contributed by atoms with Crippen LogP contribution < -0.4 is 13.7 Å². The van der Waals surface area contributed by atoms with E-state index in [0.717, 1.165) is 32.1 Å². The number of carbonyl (C=O) groups is 1. The molecule has 3 aromatic carbocycles. The lowest BCUT2D eigenvalue weighted by Crippen LogP contribution is -2.32. The number of anilines is 1. The lowest BCUT2D eigenvalue weighted by Gasteiger charge is -2.21. The highest BCUT2D eigenvalue weighted by Crippen LogP contribution is 2.32. The molecule has 0 aliphatic carbocycles. The summed E-state index contributed by atoms with van der Waals surface area (Å²) >= 11 is 6.49. The summed E-state index contributed by atoms with van der Waals surface area (Å²) in [6.45, 7) is 9.12. The van der Waals surface area contributed by atoms with Crippen molar-refractivity contribution in [2.24, 2.45) is 0 Å². The third kappa shape index (κ3) is 5.56. The lowest BCUT2D eigenvalue weighted by atomic mass is 10.00. The first-order valence-electron chi connectivity index (χ1n) is 12.8. The van der Waals surface area contributed by atoms with Gasteiger partial charge in [-0.3, -0.25) is 4.79 Å². The molecule has 216 valence electrons. The summed E-state index contributed by atoms with van der Waals surface area (Å²) in [5, 5.41) is 0.102. The molecule has 1 aliphatic heterocycles. The minimum atomic E-state index is -4.04. The Kier molecular flexibility index (Phi) is 7.39. The van der Waals surface area contributed by atoms with E-state index in [4.69, 9.17) is 11.6 Å². The number of nitrogens with one attached hydrogen (secondary N) is 3. The van der Waals surface area contributed by atoms with Crippen LogP contribution in [0.15, 0.2) is 47.4 Å². The first-order valence-corrected chi connectivity index (χ1v) is 16.1. The number of fused-ring (bicyclic) bond motifs is 1. The fourth-order valence-corrected chi connectivity index (χ4v) is 8.09. The van der Waals surface area contributed by atoms with E-state index in [9.17, 15) is 21.6 Å². The van der Waals surface area contributed by atoms with Crippen molar-refractivity contribution >= 4 is 54.5 Å². The topological polar surface area (TPSA) is 141 Å². The summed E-state index contributed by atoms with van der Waals surface area (Å²) in [7, 11) is -8.03. The first-order chi connectivity index (χ1) is 19.2. The van der Waals surface area contributed by atoms with Gasteiger partial charge in [-0.1, -0.05) is 23.7 Å². The fraction of sp³-hybridized carbons (Fsp3) is 0.286. The van der Waals surface area contributed by atoms with Gasteiger partial charge in [0.1, 0.15) is 12.4 Å². The highest BCUT2D eigenvalue weighted by molar-refractivity contribution is 7.92. The number of nitrogens with zero attached hydrogens (tertiary/aromatic N) is 2. The van der Waals surface area contributed by atoms with Crippen molar-refractivity contribution in [1.29, 1.82) is 0 Å². The van der Waals surface area contributed by atoms with Gasteiger partial charge in [-0.25, -0.2) is 27.2 Å². The van der Waals surface area contributed by atoms with Crippen molar-refractivity contribution in [3.63, 3.8) is 0 Å². The Morgan fingerprint density at radius 2 is 1.76 bits per heavy atom. The second kappa shape index (κ2) is 10.4. The summed E-state index contributed by atoms with van der Waals surface area (Å²) in [5.74, 6) is -0.235. The number of imidazole rings is 1. The van der Waals surface area contributed by atoms with Crippen molar-refractivity contribution in [3.05, 3.63) is 86.7 Å². The van der Waals surface area contributed by atoms with Crippen LogP contribution in [0.2, 0.25) is 5.02 Å². The van der Waals surface area contributed by atoms with E-state index >= 15 is 0 Å². The van der Waals surface area contributed by atoms with Gasteiger partial charge in [-0.15, -0.1) is 0 Å².